The van der Waals surface area contributed by atoms with E-state index in [1.807, 2.05) is 0 Å². The Morgan fingerprint density at radius 2 is 1.71 bits per heavy atom. The number of alkyl halides is 1. The number of amides is 5. The maximum Gasteiger partial charge on any atom is 0.312 e. The van der Waals surface area contributed by atoms with Crippen LogP contribution in [0, 0.1) is 11.8 Å². The number of halogens is 1. The Bertz CT molecular complexity index is 913. The fourth-order valence-corrected chi connectivity index (χ4v) is 3.43. The number of rotatable bonds is 14. The molecule has 11 heteroatoms. The Labute approximate surface area is 212 Å². The van der Waals surface area contributed by atoms with Crippen LogP contribution in [0.25, 0.3) is 0 Å². The Morgan fingerprint density at radius 1 is 1.06 bits per heavy atom. The predicted octanol–water partition coefficient (Wildman–Crippen LogP) is 2.17. The maximum atomic E-state index is 13.2. The fraction of sp³-hybridized carbons (Fsp3) is 0.542. The second kappa shape index (κ2) is 15.0. The molecule has 0 aliphatic heterocycles. The van der Waals surface area contributed by atoms with Gasteiger partial charge in [-0.25, -0.2) is 4.79 Å². The van der Waals surface area contributed by atoms with Crippen LogP contribution in [0.3, 0.4) is 0 Å². The van der Waals surface area contributed by atoms with E-state index in [1.54, 1.807) is 32.9 Å². The summed E-state index contributed by atoms with van der Waals surface area (Å²) in [5.41, 5.74) is 5.85. The van der Waals surface area contributed by atoms with Crippen LogP contribution in [0.15, 0.2) is 24.3 Å². The van der Waals surface area contributed by atoms with Crippen LogP contribution in [-0.4, -0.2) is 54.0 Å². The lowest BCUT2D eigenvalue weighted by atomic mass is 9.89. The van der Waals surface area contributed by atoms with Crippen molar-refractivity contribution in [3.63, 3.8) is 0 Å². The van der Waals surface area contributed by atoms with Gasteiger partial charge in [-0.05, 0) is 56.8 Å². The molecular formula is C24H36ClN5O5. The SMILES string of the molecule is [2H]C[C@H](C)NC(=O)[C@H](CCCNC(N)=O)CC(=O)[C@@H](NC(=O)c1ccc(NC(=O)CCl)cc1)C(C)C. The molecule has 0 aliphatic rings. The van der Waals surface area contributed by atoms with Gasteiger partial charge in [0, 0.05) is 37.5 Å². The van der Waals surface area contributed by atoms with E-state index >= 15 is 0 Å². The van der Waals surface area contributed by atoms with Crippen LogP contribution in [-0.2, 0) is 14.4 Å². The molecule has 10 nitrogen and oxygen atoms in total. The number of hydrogen-bond donors (Lipinski definition) is 5. The molecule has 1 aromatic carbocycles. The minimum absolute atomic E-state index is 0.00530. The highest BCUT2D eigenvalue weighted by Crippen LogP contribution is 2.17. The van der Waals surface area contributed by atoms with Gasteiger partial charge in [0.05, 0.1) is 6.04 Å². The van der Waals surface area contributed by atoms with Gasteiger partial charge in [0.25, 0.3) is 5.91 Å². The second-order valence-corrected chi connectivity index (χ2v) is 8.93. The second-order valence-electron chi connectivity index (χ2n) is 8.66. The molecule has 0 saturated carbocycles. The highest BCUT2D eigenvalue weighted by atomic mass is 35.5. The molecule has 1 aromatic rings. The van der Waals surface area contributed by atoms with Gasteiger partial charge in [0.15, 0.2) is 5.78 Å². The van der Waals surface area contributed by atoms with Crippen LogP contribution in [0.4, 0.5) is 10.5 Å². The number of anilines is 1. The van der Waals surface area contributed by atoms with E-state index in [1.165, 1.54) is 12.1 Å². The van der Waals surface area contributed by atoms with Gasteiger partial charge in [-0.2, -0.15) is 0 Å². The van der Waals surface area contributed by atoms with Crippen LogP contribution >= 0.6 is 11.6 Å². The Morgan fingerprint density at radius 3 is 2.26 bits per heavy atom. The van der Waals surface area contributed by atoms with Crippen LogP contribution in [0.1, 0.15) is 58.7 Å². The normalized spacial score (nSPS) is 13.7. The van der Waals surface area contributed by atoms with E-state index in [9.17, 15) is 24.0 Å². The van der Waals surface area contributed by atoms with Gasteiger partial charge in [0.2, 0.25) is 11.8 Å². The highest BCUT2D eigenvalue weighted by molar-refractivity contribution is 6.29. The molecule has 0 unspecified atom stereocenters. The molecule has 6 N–H and O–H groups in total. The lowest BCUT2D eigenvalue weighted by Crippen LogP contribution is -2.46. The molecule has 35 heavy (non-hydrogen) atoms. The summed E-state index contributed by atoms with van der Waals surface area (Å²) >= 11 is 5.47. The molecule has 0 radical (unpaired) electrons. The number of primary amides is 1. The minimum atomic E-state index is -0.833. The number of Topliss-reactive ketones (excluding diaryl/α,β-unsaturated/α-hetero) is 1. The van der Waals surface area contributed by atoms with E-state index in [0.717, 1.165) is 0 Å². The molecule has 0 bridgehead atoms. The van der Waals surface area contributed by atoms with Gasteiger partial charge in [-0.3, -0.25) is 19.2 Å². The number of carbonyl (C=O) groups is 5. The molecule has 0 aromatic heterocycles. The molecule has 0 fully saturated rings. The number of urea groups is 1. The summed E-state index contributed by atoms with van der Waals surface area (Å²) in [5.74, 6) is -2.62. The molecule has 0 spiro atoms. The largest absolute Gasteiger partial charge is 0.354 e. The van der Waals surface area contributed by atoms with Crippen LogP contribution in [0.5, 0.6) is 0 Å². The van der Waals surface area contributed by atoms with Crippen molar-refractivity contribution >= 4 is 46.8 Å². The summed E-state index contributed by atoms with van der Waals surface area (Å²) in [6.45, 7) is 5.53. The first-order valence-electron chi connectivity index (χ1n) is 12.1. The number of ketones is 1. The Balaban J connectivity index is 2.90. The topological polar surface area (TPSA) is 159 Å². The van der Waals surface area contributed by atoms with E-state index < -0.39 is 23.9 Å². The van der Waals surface area contributed by atoms with Gasteiger partial charge >= 0.3 is 6.03 Å². The molecule has 0 saturated heterocycles. The van der Waals surface area contributed by atoms with Crippen molar-refractivity contribution < 1.29 is 25.3 Å². The molecular weight excluding hydrogens is 474 g/mol. The zero-order valence-electron chi connectivity index (χ0n) is 21.4. The van der Waals surface area contributed by atoms with Crippen molar-refractivity contribution in [2.24, 2.45) is 17.6 Å². The van der Waals surface area contributed by atoms with Crippen molar-refractivity contribution in [2.75, 3.05) is 17.7 Å². The lowest BCUT2D eigenvalue weighted by Gasteiger charge is -2.24. The van der Waals surface area contributed by atoms with Crippen LogP contribution in [0.2, 0.25) is 0 Å². The first kappa shape index (κ1) is 28.1. The van der Waals surface area contributed by atoms with E-state index in [-0.39, 0.29) is 55.3 Å². The van der Waals surface area contributed by atoms with Gasteiger partial charge in [-0.15, -0.1) is 11.6 Å². The lowest BCUT2D eigenvalue weighted by molar-refractivity contribution is -0.131. The van der Waals surface area contributed by atoms with Crippen molar-refractivity contribution in [2.45, 2.75) is 59.0 Å². The highest BCUT2D eigenvalue weighted by Gasteiger charge is 2.29. The Kier molecular flexibility index (Phi) is 12.0. The zero-order valence-corrected chi connectivity index (χ0v) is 21.1. The van der Waals surface area contributed by atoms with E-state index in [2.05, 4.69) is 21.3 Å². The van der Waals surface area contributed by atoms with Crippen LogP contribution < -0.4 is 27.0 Å². The molecule has 0 heterocycles. The smallest absolute Gasteiger partial charge is 0.312 e. The van der Waals surface area contributed by atoms with Gasteiger partial charge in [-0.1, -0.05) is 13.8 Å². The monoisotopic (exact) mass is 510 g/mol. The summed E-state index contributed by atoms with van der Waals surface area (Å²) in [7, 11) is 0. The van der Waals surface area contributed by atoms with E-state index in [0.29, 0.717) is 24.1 Å². The number of carbonyl (C=O) groups excluding carboxylic acids is 5. The predicted molar refractivity (Wildman–Crippen MR) is 135 cm³/mol. The molecule has 5 amide bonds. The number of hydrogen-bond acceptors (Lipinski definition) is 5. The standard InChI is InChI=1S/C24H36ClN5O5/c1-14(2)21(30-22(33)16-7-9-18(10-8-16)29-20(32)13-25)19(31)12-17(23(34)28-15(3)4)6-5-11-27-24(26)35/h7-10,14-15,17,21H,5-6,11-13H2,1-4H3,(H,28,34)(H,29,32)(H,30,33)(H3,26,27,35)/t17-,21+/m1/s1/i3D/t15-,17-,21+. The maximum absolute atomic E-state index is 13.2. The number of nitrogens with one attached hydrogen (secondary N) is 4. The quantitative estimate of drug-likeness (QED) is 0.191. The van der Waals surface area contributed by atoms with E-state index in [4.69, 9.17) is 18.7 Å². The Hall–Kier alpha value is -3.14. The number of benzene rings is 1. The third-order valence-electron chi connectivity index (χ3n) is 5.09. The van der Waals surface area contributed by atoms with Gasteiger partial charge < -0.3 is 27.0 Å². The minimum Gasteiger partial charge on any atom is -0.354 e. The first-order valence-corrected chi connectivity index (χ1v) is 11.9. The van der Waals surface area contributed by atoms with Crippen molar-refractivity contribution in [1.29, 1.82) is 0 Å². The average Bonchev–Trinajstić information content (AvgIpc) is 2.83. The summed E-state index contributed by atoms with van der Waals surface area (Å²) in [6, 6.07) is 4.26. The fourth-order valence-electron chi connectivity index (χ4n) is 3.36. The molecule has 0 aliphatic carbocycles. The summed E-state index contributed by atoms with van der Waals surface area (Å²) in [4.78, 5) is 61.1. The third-order valence-corrected chi connectivity index (χ3v) is 5.33. The number of nitrogens with two attached hydrogens (primary N) is 1. The first-order chi connectivity index (χ1) is 17.0. The third kappa shape index (κ3) is 11.2. The zero-order chi connectivity index (χ0) is 27.3. The summed E-state index contributed by atoms with van der Waals surface area (Å²) in [6.07, 6.45) is 0.630. The summed E-state index contributed by atoms with van der Waals surface area (Å²) in [5, 5.41) is 10.5. The molecule has 1 rings (SSSR count). The molecule has 194 valence electrons. The average molecular weight is 511 g/mol. The summed E-state index contributed by atoms with van der Waals surface area (Å²) < 4.78 is 7.42. The van der Waals surface area contributed by atoms with Crippen molar-refractivity contribution in [3.8, 4) is 0 Å². The van der Waals surface area contributed by atoms with Crippen molar-refractivity contribution in [1.82, 2.24) is 16.0 Å². The molecule has 3 atom stereocenters. The van der Waals surface area contributed by atoms with Crippen molar-refractivity contribution in [3.05, 3.63) is 29.8 Å². The van der Waals surface area contributed by atoms with Gasteiger partial charge in [0.1, 0.15) is 5.88 Å².